The molecule has 0 atom stereocenters. The van der Waals surface area contributed by atoms with Crippen LogP contribution in [0.5, 0.6) is 0 Å². The first kappa shape index (κ1) is 15.3. The van der Waals surface area contributed by atoms with Gasteiger partial charge in [-0.1, -0.05) is 0 Å². The number of rotatable bonds is 5. The molecule has 25 heavy (non-hydrogen) atoms. The topological polar surface area (TPSA) is 50.1 Å². The summed E-state index contributed by atoms with van der Waals surface area (Å²) in [7, 11) is 2.23. The van der Waals surface area contributed by atoms with Crippen molar-refractivity contribution in [2.45, 2.75) is 57.2 Å². The van der Waals surface area contributed by atoms with Crippen LogP contribution in [-0.2, 0) is 19.4 Å². The van der Waals surface area contributed by atoms with Gasteiger partial charge >= 0.3 is 0 Å². The molecule has 6 heteroatoms. The van der Waals surface area contributed by atoms with E-state index in [4.69, 9.17) is 0 Å². The molecule has 5 rings (SSSR count). The quantitative estimate of drug-likeness (QED) is 0.837. The van der Waals surface area contributed by atoms with Gasteiger partial charge in [-0.05, 0) is 57.2 Å². The zero-order valence-corrected chi connectivity index (χ0v) is 14.9. The second-order valence-electron chi connectivity index (χ2n) is 7.88. The van der Waals surface area contributed by atoms with E-state index in [1.54, 1.807) is 0 Å². The number of aryl methyl sites for hydroxylation is 2. The van der Waals surface area contributed by atoms with E-state index in [0.29, 0.717) is 12.1 Å². The predicted octanol–water partition coefficient (Wildman–Crippen LogP) is 2.21. The predicted molar refractivity (Wildman–Crippen MR) is 96.6 cm³/mol. The Balaban J connectivity index is 1.20. The molecular weight excluding hydrogens is 312 g/mol. The number of aromatic nitrogens is 4. The van der Waals surface area contributed by atoms with Gasteiger partial charge in [0.25, 0.3) is 0 Å². The van der Waals surface area contributed by atoms with Gasteiger partial charge in [0.05, 0.1) is 17.7 Å². The van der Waals surface area contributed by atoms with Gasteiger partial charge in [0.2, 0.25) is 0 Å². The second kappa shape index (κ2) is 6.09. The van der Waals surface area contributed by atoms with E-state index < -0.39 is 0 Å². The molecule has 2 aliphatic carbocycles. The van der Waals surface area contributed by atoms with Crippen molar-refractivity contribution in [2.75, 3.05) is 25.0 Å². The Labute approximate surface area is 148 Å². The third-order valence-corrected chi connectivity index (χ3v) is 5.96. The minimum absolute atomic E-state index is 0.584. The van der Waals surface area contributed by atoms with Crippen LogP contribution >= 0.6 is 0 Å². The highest BCUT2D eigenvalue weighted by molar-refractivity contribution is 5.45. The van der Waals surface area contributed by atoms with E-state index in [1.165, 1.54) is 49.1 Å². The van der Waals surface area contributed by atoms with Gasteiger partial charge in [-0.3, -0.25) is 4.90 Å². The lowest BCUT2D eigenvalue weighted by Crippen LogP contribution is -2.58. The summed E-state index contributed by atoms with van der Waals surface area (Å²) >= 11 is 0. The van der Waals surface area contributed by atoms with Crippen LogP contribution in [0.1, 0.15) is 48.7 Å². The molecule has 2 fully saturated rings. The van der Waals surface area contributed by atoms with Gasteiger partial charge in [-0.25, -0.2) is 4.98 Å². The number of hydrogen-bond donors (Lipinski definition) is 0. The maximum absolute atomic E-state index is 4.47. The maximum atomic E-state index is 4.47. The molecule has 6 nitrogen and oxygen atoms in total. The lowest BCUT2D eigenvalue weighted by atomic mass is 9.96. The molecule has 0 aromatic carbocycles. The van der Waals surface area contributed by atoms with Crippen LogP contribution in [0.2, 0.25) is 0 Å². The summed E-state index contributed by atoms with van der Waals surface area (Å²) in [5.74, 6) is 1.06. The molecule has 1 saturated carbocycles. The van der Waals surface area contributed by atoms with Crippen molar-refractivity contribution in [1.29, 1.82) is 0 Å². The standard InChI is InChI=1S/C19H26N6/c1-23(10-16-9-20-13-25(16)15-6-7-15)17-11-24(12-17)19-8-14-4-2-3-5-18(14)21-22-19/h8-9,13,15,17H,2-7,10-12H2,1H3. The van der Waals surface area contributed by atoms with Crippen LogP contribution in [0.4, 0.5) is 5.82 Å². The average molecular weight is 338 g/mol. The van der Waals surface area contributed by atoms with Gasteiger partial charge in [-0.15, -0.1) is 5.10 Å². The van der Waals surface area contributed by atoms with Gasteiger partial charge in [0, 0.05) is 37.9 Å². The molecule has 0 bridgehead atoms. The molecule has 0 spiro atoms. The van der Waals surface area contributed by atoms with Crippen molar-refractivity contribution in [2.24, 2.45) is 0 Å². The lowest BCUT2D eigenvalue weighted by Gasteiger charge is -2.44. The summed E-state index contributed by atoms with van der Waals surface area (Å²) < 4.78 is 2.36. The average Bonchev–Trinajstić information content (AvgIpc) is 3.33. The second-order valence-corrected chi connectivity index (χ2v) is 7.88. The first-order chi connectivity index (χ1) is 12.3. The third-order valence-electron chi connectivity index (χ3n) is 5.96. The maximum Gasteiger partial charge on any atom is 0.151 e. The SMILES string of the molecule is CN(Cc1cncn1C1CC1)C1CN(c2cc3c(nn2)CCCC3)C1. The first-order valence-corrected chi connectivity index (χ1v) is 9.59. The van der Waals surface area contributed by atoms with E-state index in [1.807, 2.05) is 12.5 Å². The summed E-state index contributed by atoms with van der Waals surface area (Å²) in [6, 6.07) is 3.56. The molecule has 2 aromatic rings. The van der Waals surface area contributed by atoms with Crippen LogP contribution in [-0.4, -0.2) is 50.8 Å². The van der Waals surface area contributed by atoms with E-state index in [2.05, 4.69) is 42.7 Å². The van der Waals surface area contributed by atoms with Crippen molar-refractivity contribution < 1.29 is 0 Å². The Morgan fingerprint density at radius 3 is 2.84 bits per heavy atom. The number of likely N-dealkylation sites (N-methyl/N-ethyl adjacent to an activating group) is 1. The van der Waals surface area contributed by atoms with Crippen molar-refractivity contribution in [1.82, 2.24) is 24.6 Å². The molecule has 0 N–H and O–H groups in total. The smallest absolute Gasteiger partial charge is 0.151 e. The molecule has 0 unspecified atom stereocenters. The minimum Gasteiger partial charge on any atom is -0.352 e. The first-order valence-electron chi connectivity index (χ1n) is 9.59. The molecule has 3 heterocycles. The normalized spacial score (nSPS) is 20.6. The third kappa shape index (κ3) is 2.92. The number of imidazole rings is 1. The summed E-state index contributed by atoms with van der Waals surface area (Å²) in [6.07, 6.45) is 11.5. The Morgan fingerprint density at radius 2 is 2.00 bits per heavy atom. The van der Waals surface area contributed by atoms with Crippen molar-refractivity contribution >= 4 is 5.82 Å². The monoisotopic (exact) mass is 338 g/mol. The molecule has 1 aliphatic heterocycles. The van der Waals surface area contributed by atoms with Crippen LogP contribution in [0.3, 0.4) is 0 Å². The number of fused-ring (bicyclic) bond motifs is 1. The molecule has 2 aromatic heterocycles. The summed E-state index contributed by atoms with van der Waals surface area (Å²) in [6.45, 7) is 3.06. The van der Waals surface area contributed by atoms with Crippen LogP contribution < -0.4 is 4.90 Å². The number of nitrogens with zero attached hydrogens (tertiary/aromatic N) is 6. The summed E-state index contributed by atoms with van der Waals surface area (Å²) in [4.78, 5) is 9.17. The van der Waals surface area contributed by atoms with Crippen LogP contribution in [0.25, 0.3) is 0 Å². The van der Waals surface area contributed by atoms with E-state index in [0.717, 1.165) is 31.9 Å². The van der Waals surface area contributed by atoms with Crippen LogP contribution in [0.15, 0.2) is 18.6 Å². The highest BCUT2D eigenvalue weighted by Gasteiger charge is 2.33. The van der Waals surface area contributed by atoms with E-state index in [-0.39, 0.29) is 0 Å². The van der Waals surface area contributed by atoms with E-state index >= 15 is 0 Å². The van der Waals surface area contributed by atoms with Gasteiger partial charge in [0.1, 0.15) is 0 Å². The lowest BCUT2D eigenvalue weighted by molar-refractivity contribution is 0.192. The van der Waals surface area contributed by atoms with Crippen LogP contribution in [0, 0.1) is 0 Å². The summed E-state index contributed by atoms with van der Waals surface area (Å²) in [5, 5.41) is 8.95. The van der Waals surface area contributed by atoms with Crippen molar-refractivity contribution in [3.63, 3.8) is 0 Å². The number of anilines is 1. The van der Waals surface area contributed by atoms with Crippen molar-refractivity contribution in [3.05, 3.63) is 35.5 Å². The fraction of sp³-hybridized carbons (Fsp3) is 0.632. The van der Waals surface area contributed by atoms with Gasteiger partial charge in [0.15, 0.2) is 5.82 Å². The fourth-order valence-electron chi connectivity index (χ4n) is 4.08. The highest BCUT2D eigenvalue weighted by atomic mass is 15.4. The molecule has 3 aliphatic rings. The Kier molecular flexibility index (Phi) is 3.73. The Hall–Kier alpha value is -1.95. The number of hydrogen-bond acceptors (Lipinski definition) is 5. The zero-order valence-electron chi connectivity index (χ0n) is 14.9. The summed E-state index contributed by atoms with van der Waals surface area (Å²) in [5.41, 5.74) is 3.98. The Bertz CT molecular complexity index is 759. The van der Waals surface area contributed by atoms with E-state index in [9.17, 15) is 0 Å². The highest BCUT2D eigenvalue weighted by Crippen LogP contribution is 2.36. The largest absolute Gasteiger partial charge is 0.352 e. The van der Waals surface area contributed by atoms with Gasteiger partial charge < -0.3 is 9.47 Å². The zero-order chi connectivity index (χ0) is 16.8. The minimum atomic E-state index is 0.584. The molecule has 1 saturated heterocycles. The van der Waals surface area contributed by atoms with Crippen molar-refractivity contribution in [3.8, 4) is 0 Å². The van der Waals surface area contributed by atoms with Gasteiger partial charge in [-0.2, -0.15) is 5.10 Å². The Morgan fingerprint density at radius 1 is 1.16 bits per heavy atom. The molecule has 132 valence electrons. The molecular formula is C19H26N6. The molecule has 0 radical (unpaired) electrons. The molecule has 0 amide bonds. The fourth-order valence-corrected chi connectivity index (χ4v) is 4.08.